The molecule has 0 spiro atoms. The summed E-state index contributed by atoms with van der Waals surface area (Å²) in [5.74, 6) is 0.662. The summed E-state index contributed by atoms with van der Waals surface area (Å²) >= 11 is 0. The number of hydrogen-bond donors (Lipinski definition) is 1. The fraction of sp³-hybridized carbons (Fsp3) is 0.438. The first-order valence-corrected chi connectivity index (χ1v) is 7.56. The number of benzene rings is 1. The van der Waals surface area contributed by atoms with Crippen molar-refractivity contribution in [3.8, 4) is 0 Å². The number of nitrogens with zero attached hydrogens (tertiary/aromatic N) is 3. The van der Waals surface area contributed by atoms with Crippen molar-refractivity contribution < 1.29 is 9.18 Å². The van der Waals surface area contributed by atoms with Crippen molar-refractivity contribution in [2.45, 2.75) is 19.8 Å². The largest absolute Gasteiger partial charge is 0.369 e. The minimum Gasteiger partial charge on any atom is -0.369 e. The number of carbonyl (C=O) groups is 1. The third-order valence-corrected chi connectivity index (χ3v) is 3.93. The summed E-state index contributed by atoms with van der Waals surface area (Å²) in [6, 6.07) is 4.80. The Labute approximate surface area is 128 Å². The van der Waals surface area contributed by atoms with Crippen LogP contribution in [-0.2, 0) is 4.79 Å². The zero-order chi connectivity index (χ0) is 15.5. The van der Waals surface area contributed by atoms with Crippen LogP contribution in [0.25, 0.3) is 10.9 Å². The van der Waals surface area contributed by atoms with E-state index in [1.807, 2.05) is 4.90 Å². The van der Waals surface area contributed by atoms with Crippen LogP contribution in [0.5, 0.6) is 0 Å². The lowest BCUT2D eigenvalue weighted by Gasteiger charge is -2.21. The molecule has 1 N–H and O–H groups in total. The Hall–Kier alpha value is -2.24. The van der Waals surface area contributed by atoms with Crippen molar-refractivity contribution >= 4 is 22.6 Å². The van der Waals surface area contributed by atoms with Gasteiger partial charge in [-0.05, 0) is 24.5 Å². The predicted molar refractivity (Wildman–Crippen MR) is 83.0 cm³/mol. The summed E-state index contributed by atoms with van der Waals surface area (Å²) < 4.78 is 14.0. The highest BCUT2D eigenvalue weighted by atomic mass is 19.1. The lowest BCUT2D eigenvalue weighted by Crippen LogP contribution is -2.32. The molecule has 116 valence electrons. The lowest BCUT2D eigenvalue weighted by molar-refractivity contribution is -0.128. The molecule has 0 radical (unpaired) electrons. The molecule has 5 nitrogen and oxygen atoms in total. The molecule has 1 aromatic heterocycles. The third-order valence-electron chi connectivity index (χ3n) is 3.93. The van der Waals surface area contributed by atoms with Crippen LogP contribution in [0, 0.1) is 11.7 Å². The van der Waals surface area contributed by atoms with Crippen molar-refractivity contribution in [1.29, 1.82) is 0 Å². The average molecular weight is 302 g/mol. The molecule has 0 unspecified atom stereocenters. The first kappa shape index (κ1) is 14.7. The maximum absolute atomic E-state index is 14.0. The monoisotopic (exact) mass is 302 g/mol. The standard InChI is InChI=1S/C16H19FN4O/c1-11(9-21-7-3-6-14(21)22)8-18-16-15-12(17)4-2-5-13(15)19-10-20-16/h2,4-5,10-11H,3,6-9H2,1H3,(H,18,19,20)/t11-/m0/s1. The molecule has 22 heavy (non-hydrogen) atoms. The number of nitrogens with one attached hydrogen (secondary N) is 1. The number of halogens is 1. The van der Waals surface area contributed by atoms with E-state index >= 15 is 0 Å². The number of carbonyl (C=O) groups excluding carboxylic acids is 1. The zero-order valence-electron chi connectivity index (χ0n) is 12.6. The molecule has 3 rings (SSSR count). The second-order valence-electron chi connectivity index (χ2n) is 5.79. The van der Waals surface area contributed by atoms with Crippen molar-refractivity contribution in [3.05, 3.63) is 30.3 Å². The normalized spacial score (nSPS) is 16.3. The summed E-state index contributed by atoms with van der Waals surface area (Å²) in [5, 5.41) is 3.60. The lowest BCUT2D eigenvalue weighted by atomic mass is 10.1. The van der Waals surface area contributed by atoms with E-state index in [4.69, 9.17) is 0 Å². The Morgan fingerprint density at radius 2 is 2.27 bits per heavy atom. The first-order chi connectivity index (χ1) is 10.6. The molecular weight excluding hydrogens is 283 g/mol. The number of anilines is 1. The summed E-state index contributed by atoms with van der Waals surface area (Å²) in [6.07, 6.45) is 3.03. The van der Waals surface area contributed by atoms with Gasteiger partial charge in [0.1, 0.15) is 18.0 Å². The molecule has 1 amide bonds. The molecular formula is C16H19FN4O. The van der Waals surface area contributed by atoms with E-state index in [-0.39, 0.29) is 17.6 Å². The van der Waals surface area contributed by atoms with E-state index in [1.54, 1.807) is 12.1 Å². The molecule has 1 aliphatic heterocycles. The van der Waals surface area contributed by atoms with E-state index in [0.717, 1.165) is 19.5 Å². The smallest absolute Gasteiger partial charge is 0.222 e. The van der Waals surface area contributed by atoms with E-state index in [1.165, 1.54) is 12.4 Å². The van der Waals surface area contributed by atoms with Gasteiger partial charge in [0, 0.05) is 26.1 Å². The van der Waals surface area contributed by atoms with Crippen molar-refractivity contribution in [2.75, 3.05) is 25.0 Å². The molecule has 1 fully saturated rings. The molecule has 0 aliphatic carbocycles. The number of hydrogen-bond acceptors (Lipinski definition) is 4. The van der Waals surface area contributed by atoms with Gasteiger partial charge in [0.25, 0.3) is 0 Å². The molecule has 2 aromatic rings. The second-order valence-corrected chi connectivity index (χ2v) is 5.79. The van der Waals surface area contributed by atoms with Crippen molar-refractivity contribution in [1.82, 2.24) is 14.9 Å². The maximum Gasteiger partial charge on any atom is 0.222 e. The number of amides is 1. The number of rotatable bonds is 5. The quantitative estimate of drug-likeness (QED) is 0.921. The Balaban J connectivity index is 1.67. The topological polar surface area (TPSA) is 58.1 Å². The van der Waals surface area contributed by atoms with Crippen LogP contribution in [0.1, 0.15) is 19.8 Å². The summed E-state index contributed by atoms with van der Waals surface area (Å²) in [6.45, 7) is 4.26. The molecule has 1 aromatic carbocycles. The van der Waals surface area contributed by atoms with Gasteiger partial charge in [0.2, 0.25) is 5.91 Å². The van der Waals surface area contributed by atoms with E-state index < -0.39 is 0 Å². The maximum atomic E-state index is 14.0. The van der Waals surface area contributed by atoms with Gasteiger partial charge >= 0.3 is 0 Å². The van der Waals surface area contributed by atoms with Gasteiger partial charge in [-0.2, -0.15) is 0 Å². The highest BCUT2D eigenvalue weighted by molar-refractivity contribution is 5.89. The Bertz CT molecular complexity index is 686. The van der Waals surface area contributed by atoms with Crippen LogP contribution in [0.3, 0.4) is 0 Å². The van der Waals surface area contributed by atoms with Gasteiger partial charge in [-0.15, -0.1) is 0 Å². The third kappa shape index (κ3) is 3.00. The minimum atomic E-state index is -0.331. The Morgan fingerprint density at radius 1 is 1.41 bits per heavy atom. The first-order valence-electron chi connectivity index (χ1n) is 7.56. The Kier molecular flexibility index (Phi) is 4.18. The van der Waals surface area contributed by atoms with Crippen LogP contribution >= 0.6 is 0 Å². The van der Waals surface area contributed by atoms with Crippen LogP contribution in [0.15, 0.2) is 24.5 Å². The number of fused-ring (bicyclic) bond motifs is 1. The SMILES string of the molecule is C[C@@H](CNc1ncnc2cccc(F)c12)CN1CCCC1=O. The molecule has 6 heteroatoms. The minimum absolute atomic E-state index is 0.227. The average Bonchev–Trinajstić information content (AvgIpc) is 2.90. The summed E-state index contributed by atoms with van der Waals surface area (Å²) in [4.78, 5) is 21.8. The van der Waals surface area contributed by atoms with Crippen LogP contribution in [0.2, 0.25) is 0 Å². The molecule has 1 atom stereocenters. The zero-order valence-corrected chi connectivity index (χ0v) is 12.6. The molecule has 2 heterocycles. The highest BCUT2D eigenvalue weighted by Gasteiger charge is 2.21. The Morgan fingerprint density at radius 3 is 3.05 bits per heavy atom. The van der Waals surface area contributed by atoms with Gasteiger partial charge in [0.05, 0.1) is 10.9 Å². The number of likely N-dealkylation sites (tertiary alicyclic amines) is 1. The predicted octanol–water partition coefficient (Wildman–Crippen LogP) is 2.44. The van der Waals surface area contributed by atoms with Gasteiger partial charge < -0.3 is 10.2 Å². The number of aromatic nitrogens is 2. The van der Waals surface area contributed by atoms with Crippen LogP contribution < -0.4 is 5.32 Å². The van der Waals surface area contributed by atoms with Crippen molar-refractivity contribution in [3.63, 3.8) is 0 Å². The van der Waals surface area contributed by atoms with Gasteiger partial charge in [0.15, 0.2) is 0 Å². The van der Waals surface area contributed by atoms with E-state index in [9.17, 15) is 9.18 Å². The van der Waals surface area contributed by atoms with E-state index in [0.29, 0.717) is 29.7 Å². The van der Waals surface area contributed by atoms with Gasteiger partial charge in [-0.25, -0.2) is 14.4 Å². The molecule has 1 aliphatic rings. The highest BCUT2D eigenvalue weighted by Crippen LogP contribution is 2.22. The summed E-state index contributed by atoms with van der Waals surface area (Å²) in [7, 11) is 0. The van der Waals surface area contributed by atoms with Crippen LogP contribution in [-0.4, -0.2) is 40.4 Å². The molecule has 0 saturated carbocycles. The summed E-state index contributed by atoms with van der Waals surface area (Å²) in [5.41, 5.74) is 0.583. The van der Waals surface area contributed by atoms with Crippen LogP contribution in [0.4, 0.5) is 10.2 Å². The van der Waals surface area contributed by atoms with E-state index in [2.05, 4.69) is 22.2 Å². The van der Waals surface area contributed by atoms with Crippen molar-refractivity contribution in [2.24, 2.45) is 5.92 Å². The fourth-order valence-electron chi connectivity index (χ4n) is 2.81. The second kappa shape index (κ2) is 6.25. The fourth-order valence-corrected chi connectivity index (χ4v) is 2.81. The van der Waals surface area contributed by atoms with Gasteiger partial charge in [-0.3, -0.25) is 4.79 Å². The molecule has 1 saturated heterocycles. The van der Waals surface area contributed by atoms with Gasteiger partial charge in [-0.1, -0.05) is 13.0 Å². The molecule has 0 bridgehead atoms.